The van der Waals surface area contributed by atoms with Crippen molar-refractivity contribution < 1.29 is 0 Å². The third-order valence-electron chi connectivity index (χ3n) is 2.70. The molecular formula is C15H16BrN. The number of aryl methyl sites for hydroxylation is 1. The zero-order chi connectivity index (χ0) is 12.1. The van der Waals surface area contributed by atoms with Gasteiger partial charge in [-0.2, -0.15) is 0 Å². The fourth-order valence-corrected chi connectivity index (χ4v) is 2.28. The average molecular weight is 290 g/mol. The highest BCUT2D eigenvalue weighted by molar-refractivity contribution is 9.10. The molecule has 0 aliphatic heterocycles. The molecule has 0 bridgehead atoms. The third-order valence-corrected chi connectivity index (χ3v) is 3.47. The molecule has 0 atom stereocenters. The highest BCUT2D eigenvalue weighted by atomic mass is 79.9. The first kappa shape index (κ1) is 12.2. The molecule has 0 heterocycles. The number of benzene rings is 2. The average Bonchev–Trinajstić information content (AvgIpc) is 2.32. The van der Waals surface area contributed by atoms with Crippen LogP contribution in [0.25, 0.3) is 0 Å². The van der Waals surface area contributed by atoms with E-state index in [1.165, 1.54) is 21.3 Å². The van der Waals surface area contributed by atoms with Gasteiger partial charge in [0.1, 0.15) is 0 Å². The summed E-state index contributed by atoms with van der Waals surface area (Å²) >= 11 is 3.57. The number of hydrogen-bond acceptors (Lipinski definition) is 1. The van der Waals surface area contributed by atoms with Crippen molar-refractivity contribution >= 4 is 21.6 Å². The summed E-state index contributed by atoms with van der Waals surface area (Å²) in [6.45, 7) is 3.06. The molecule has 0 unspecified atom stereocenters. The van der Waals surface area contributed by atoms with Gasteiger partial charge in [0.05, 0.1) is 0 Å². The van der Waals surface area contributed by atoms with Crippen LogP contribution in [0.1, 0.15) is 11.1 Å². The van der Waals surface area contributed by atoms with Crippen LogP contribution in [0.15, 0.2) is 53.0 Å². The Morgan fingerprint density at radius 1 is 1.06 bits per heavy atom. The van der Waals surface area contributed by atoms with Crippen molar-refractivity contribution in [1.29, 1.82) is 0 Å². The summed E-state index contributed by atoms with van der Waals surface area (Å²) in [7, 11) is 0. The zero-order valence-electron chi connectivity index (χ0n) is 9.91. The minimum Gasteiger partial charge on any atom is -0.385 e. The van der Waals surface area contributed by atoms with Crippen molar-refractivity contribution in [3.05, 3.63) is 64.1 Å². The highest BCUT2D eigenvalue weighted by Gasteiger charge is 1.98. The second-order valence-corrected chi connectivity index (χ2v) is 4.99. The summed E-state index contributed by atoms with van der Waals surface area (Å²) in [6, 6.07) is 16.8. The molecule has 0 aliphatic rings. The summed E-state index contributed by atoms with van der Waals surface area (Å²) in [6.07, 6.45) is 1.02. The van der Waals surface area contributed by atoms with Gasteiger partial charge in [0.2, 0.25) is 0 Å². The molecule has 17 heavy (non-hydrogen) atoms. The van der Waals surface area contributed by atoms with E-state index in [-0.39, 0.29) is 0 Å². The van der Waals surface area contributed by atoms with E-state index in [0.717, 1.165) is 13.0 Å². The van der Waals surface area contributed by atoms with Gasteiger partial charge >= 0.3 is 0 Å². The van der Waals surface area contributed by atoms with Crippen molar-refractivity contribution in [2.45, 2.75) is 13.3 Å². The summed E-state index contributed by atoms with van der Waals surface area (Å²) in [5.41, 5.74) is 3.82. The van der Waals surface area contributed by atoms with Gasteiger partial charge in [0.25, 0.3) is 0 Å². The summed E-state index contributed by atoms with van der Waals surface area (Å²) in [5, 5.41) is 3.44. The lowest BCUT2D eigenvalue weighted by Crippen LogP contribution is -2.05. The van der Waals surface area contributed by atoms with Crippen molar-refractivity contribution in [3.63, 3.8) is 0 Å². The molecule has 0 aromatic heterocycles. The lowest BCUT2D eigenvalue weighted by Gasteiger charge is -2.08. The number of anilines is 1. The lowest BCUT2D eigenvalue weighted by atomic mass is 10.1. The van der Waals surface area contributed by atoms with Crippen LogP contribution in [0.4, 0.5) is 5.69 Å². The molecule has 0 spiro atoms. The first-order chi connectivity index (χ1) is 8.25. The standard InChI is InChI=1S/C15H16BrN/c1-12-5-4-7-14(11-12)17-10-9-13-6-2-3-8-15(13)16/h2-8,11,17H,9-10H2,1H3. The first-order valence-electron chi connectivity index (χ1n) is 5.79. The fourth-order valence-electron chi connectivity index (χ4n) is 1.80. The molecule has 2 aromatic carbocycles. The number of rotatable bonds is 4. The molecule has 0 saturated carbocycles. The van der Waals surface area contributed by atoms with E-state index < -0.39 is 0 Å². The molecule has 0 fully saturated rings. The third kappa shape index (κ3) is 3.60. The Morgan fingerprint density at radius 2 is 1.88 bits per heavy atom. The van der Waals surface area contributed by atoms with E-state index in [0.29, 0.717) is 0 Å². The lowest BCUT2D eigenvalue weighted by molar-refractivity contribution is 1.01. The van der Waals surface area contributed by atoms with Crippen LogP contribution < -0.4 is 5.32 Å². The minimum atomic E-state index is 0.950. The maximum absolute atomic E-state index is 3.57. The molecule has 1 nitrogen and oxygen atoms in total. The minimum absolute atomic E-state index is 0.950. The van der Waals surface area contributed by atoms with Crippen LogP contribution in [0.2, 0.25) is 0 Å². The Balaban J connectivity index is 1.90. The van der Waals surface area contributed by atoms with Crippen LogP contribution in [-0.2, 0) is 6.42 Å². The second-order valence-electron chi connectivity index (χ2n) is 4.14. The molecule has 0 aliphatic carbocycles. The number of nitrogens with one attached hydrogen (secondary N) is 1. The molecule has 0 saturated heterocycles. The van der Waals surface area contributed by atoms with Gasteiger partial charge in [0.15, 0.2) is 0 Å². The Bertz CT molecular complexity index is 494. The van der Waals surface area contributed by atoms with Crippen LogP contribution in [0.3, 0.4) is 0 Å². The van der Waals surface area contributed by atoms with Gasteiger partial charge in [-0.05, 0) is 42.7 Å². The van der Waals surface area contributed by atoms with Gasteiger partial charge < -0.3 is 5.32 Å². The molecule has 2 heteroatoms. The Kier molecular flexibility index (Phi) is 4.21. The van der Waals surface area contributed by atoms with Crippen molar-refractivity contribution in [3.8, 4) is 0 Å². The fraction of sp³-hybridized carbons (Fsp3) is 0.200. The quantitative estimate of drug-likeness (QED) is 0.879. The normalized spacial score (nSPS) is 10.2. The zero-order valence-corrected chi connectivity index (χ0v) is 11.5. The van der Waals surface area contributed by atoms with E-state index in [4.69, 9.17) is 0 Å². The van der Waals surface area contributed by atoms with Crippen molar-refractivity contribution in [1.82, 2.24) is 0 Å². The predicted octanol–water partition coefficient (Wildman–Crippen LogP) is 4.41. The molecule has 88 valence electrons. The highest BCUT2D eigenvalue weighted by Crippen LogP contribution is 2.16. The van der Waals surface area contributed by atoms with Crippen molar-refractivity contribution in [2.24, 2.45) is 0 Å². The molecule has 0 radical (unpaired) electrons. The van der Waals surface area contributed by atoms with E-state index in [1.54, 1.807) is 0 Å². The molecule has 0 amide bonds. The van der Waals surface area contributed by atoms with Crippen molar-refractivity contribution in [2.75, 3.05) is 11.9 Å². The summed E-state index contributed by atoms with van der Waals surface area (Å²) in [5.74, 6) is 0. The largest absolute Gasteiger partial charge is 0.385 e. The maximum atomic E-state index is 3.57. The maximum Gasteiger partial charge on any atom is 0.0342 e. The van der Waals surface area contributed by atoms with Crippen LogP contribution in [0.5, 0.6) is 0 Å². The molecule has 1 N–H and O–H groups in total. The van der Waals surface area contributed by atoms with E-state index in [1.807, 2.05) is 6.07 Å². The van der Waals surface area contributed by atoms with Gasteiger partial charge in [-0.3, -0.25) is 0 Å². The first-order valence-corrected chi connectivity index (χ1v) is 6.59. The predicted molar refractivity (Wildman–Crippen MR) is 77.5 cm³/mol. The van der Waals surface area contributed by atoms with E-state index in [9.17, 15) is 0 Å². The topological polar surface area (TPSA) is 12.0 Å². The molecule has 2 rings (SSSR count). The summed E-state index contributed by atoms with van der Waals surface area (Å²) in [4.78, 5) is 0. The van der Waals surface area contributed by atoms with E-state index in [2.05, 4.69) is 70.6 Å². The Hall–Kier alpha value is -1.28. The second kappa shape index (κ2) is 5.87. The SMILES string of the molecule is Cc1cccc(NCCc2ccccc2Br)c1. The number of hydrogen-bond donors (Lipinski definition) is 1. The smallest absolute Gasteiger partial charge is 0.0342 e. The molecule has 2 aromatic rings. The van der Waals surface area contributed by atoms with Crippen LogP contribution >= 0.6 is 15.9 Å². The van der Waals surface area contributed by atoms with E-state index >= 15 is 0 Å². The van der Waals surface area contributed by atoms with Crippen LogP contribution in [0, 0.1) is 6.92 Å². The summed E-state index contributed by atoms with van der Waals surface area (Å²) < 4.78 is 1.19. The van der Waals surface area contributed by atoms with Gasteiger partial charge in [0, 0.05) is 16.7 Å². The number of halogens is 1. The monoisotopic (exact) mass is 289 g/mol. The van der Waals surface area contributed by atoms with Gasteiger partial charge in [-0.15, -0.1) is 0 Å². The van der Waals surface area contributed by atoms with Gasteiger partial charge in [-0.1, -0.05) is 46.3 Å². The Labute approximate surface area is 111 Å². The Morgan fingerprint density at radius 3 is 2.65 bits per heavy atom. The van der Waals surface area contributed by atoms with Gasteiger partial charge in [-0.25, -0.2) is 0 Å². The van der Waals surface area contributed by atoms with Crippen LogP contribution in [-0.4, -0.2) is 6.54 Å². The molecular weight excluding hydrogens is 274 g/mol.